The fourth-order valence-electron chi connectivity index (χ4n) is 2.71. The zero-order valence-electron chi connectivity index (χ0n) is 11.2. The third kappa shape index (κ3) is 1.89. The van der Waals surface area contributed by atoms with Crippen molar-refractivity contribution in [3.05, 3.63) is 39.7 Å². The Morgan fingerprint density at radius 2 is 1.81 bits per heavy atom. The van der Waals surface area contributed by atoms with Crippen LogP contribution in [0.3, 0.4) is 0 Å². The molecular weight excluding hydrogens is 268 g/mol. The molecular formula is C15H12N4O2. The van der Waals surface area contributed by atoms with Crippen LogP contribution in [0.2, 0.25) is 0 Å². The Labute approximate surface area is 120 Å². The van der Waals surface area contributed by atoms with Crippen LogP contribution in [-0.2, 0) is 13.1 Å². The lowest BCUT2D eigenvalue weighted by Crippen LogP contribution is -2.27. The molecule has 1 aliphatic heterocycles. The molecule has 1 aliphatic rings. The number of nitrogens with zero attached hydrogens (tertiary/aromatic N) is 4. The highest BCUT2D eigenvalue weighted by atomic mass is 16.3. The van der Waals surface area contributed by atoms with Crippen molar-refractivity contribution in [2.75, 3.05) is 0 Å². The van der Waals surface area contributed by atoms with Gasteiger partial charge in [0.05, 0.1) is 23.3 Å². The van der Waals surface area contributed by atoms with Crippen LogP contribution in [0, 0.1) is 22.7 Å². The van der Waals surface area contributed by atoms with Gasteiger partial charge in [-0.3, -0.25) is 9.48 Å². The summed E-state index contributed by atoms with van der Waals surface area (Å²) < 4.78 is 3.06. The topological polar surface area (TPSA) is 94.7 Å². The number of hydrogen-bond donors (Lipinski definition) is 1. The van der Waals surface area contributed by atoms with E-state index < -0.39 is 0 Å². The molecule has 0 fully saturated rings. The molecule has 2 aromatic rings. The molecule has 0 spiro atoms. The largest absolute Gasteiger partial charge is 0.493 e. The molecule has 2 heterocycles. The van der Waals surface area contributed by atoms with Crippen LogP contribution in [0.1, 0.15) is 24.0 Å². The van der Waals surface area contributed by atoms with Gasteiger partial charge in [0.25, 0.3) is 5.56 Å². The van der Waals surface area contributed by atoms with Gasteiger partial charge in [0.1, 0.15) is 5.56 Å². The van der Waals surface area contributed by atoms with Crippen molar-refractivity contribution in [2.24, 2.45) is 0 Å². The summed E-state index contributed by atoms with van der Waals surface area (Å²) in [6.07, 6.45) is 1.79. The molecule has 1 N–H and O–H groups in total. The van der Waals surface area contributed by atoms with Crippen molar-refractivity contribution >= 4 is 0 Å². The van der Waals surface area contributed by atoms with Gasteiger partial charge in [0.2, 0.25) is 5.88 Å². The molecule has 6 nitrogen and oxygen atoms in total. The minimum Gasteiger partial charge on any atom is -0.493 e. The molecule has 104 valence electrons. The Morgan fingerprint density at radius 3 is 2.43 bits per heavy atom. The first-order chi connectivity index (χ1) is 10.2. The van der Waals surface area contributed by atoms with E-state index in [2.05, 4.69) is 0 Å². The number of rotatable bonds is 1. The van der Waals surface area contributed by atoms with Crippen LogP contribution in [0.5, 0.6) is 5.88 Å². The summed E-state index contributed by atoms with van der Waals surface area (Å²) in [5, 5.41) is 28.4. The van der Waals surface area contributed by atoms with Crippen molar-refractivity contribution in [3.63, 3.8) is 0 Å². The summed E-state index contributed by atoms with van der Waals surface area (Å²) in [6, 6.07) is 8.45. The van der Waals surface area contributed by atoms with E-state index in [9.17, 15) is 15.2 Å². The summed E-state index contributed by atoms with van der Waals surface area (Å²) in [6.45, 7) is 1.14. The third-order valence-electron chi connectivity index (χ3n) is 3.74. The second-order valence-electron chi connectivity index (χ2n) is 4.94. The fourth-order valence-corrected chi connectivity index (χ4v) is 2.71. The van der Waals surface area contributed by atoms with E-state index >= 15 is 0 Å². The third-order valence-corrected chi connectivity index (χ3v) is 3.74. The van der Waals surface area contributed by atoms with E-state index in [1.165, 1.54) is 16.8 Å². The van der Waals surface area contributed by atoms with Crippen LogP contribution < -0.4 is 5.56 Å². The second kappa shape index (κ2) is 4.84. The zero-order chi connectivity index (χ0) is 15.0. The summed E-state index contributed by atoms with van der Waals surface area (Å²) in [4.78, 5) is 12.5. The van der Waals surface area contributed by atoms with Gasteiger partial charge in [0, 0.05) is 18.7 Å². The first kappa shape index (κ1) is 13.0. The van der Waals surface area contributed by atoms with Gasteiger partial charge in [-0.25, -0.2) is 4.68 Å². The van der Waals surface area contributed by atoms with Gasteiger partial charge >= 0.3 is 0 Å². The van der Waals surface area contributed by atoms with Crippen molar-refractivity contribution in [3.8, 4) is 29.1 Å². The highest BCUT2D eigenvalue weighted by molar-refractivity contribution is 5.74. The number of aromatic hydroxyl groups is 1. The lowest BCUT2D eigenvalue weighted by atomic mass is 10.0. The molecule has 0 saturated carbocycles. The molecule has 1 aromatic carbocycles. The normalized spacial score (nSPS) is 13.2. The van der Waals surface area contributed by atoms with E-state index in [1.807, 2.05) is 12.1 Å². The van der Waals surface area contributed by atoms with Gasteiger partial charge in [0.15, 0.2) is 0 Å². The fraction of sp³-hybridized carbons (Fsp3) is 0.267. The molecule has 0 saturated heterocycles. The van der Waals surface area contributed by atoms with Crippen molar-refractivity contribution in [1.29, 1.82) is 10.5 Å². The van der Waals surface area contributed by atoms with E-state index in [4.69, 9.17) is 5.26 Å². The number of fused-ring (bicyclic) bond motifs is 1. The highest BCUT2D eigenvalue weighted by Gasteiger charge is 2.24. The van der Waals surface area contributed by atoms with Crippen LogP contribution in [0.25, 0.3) is 11.1 Å². The number of aromatic nitrogens is 2. The maximum absolute atomic E-state index is 12.5. The van der Waals surface area contributed by atoms with E-state index in [1.54, 1.807) is 10.7 Å². The lowest BCUT2D eigenvalue weighted by molar-refractivity contribution is 0.305. The van der Waals surface area contributed by atoms with Crippen LogP contribution in [0.4, 0.5) is 0 Å². The molecule has 0 amide bonds. The molecule has 6 heteroatoms. The monoisotopic (exact) mass is 280 g/mol. The SMILES string of the molecule is N#Cc1ccc(-c2c(O)n3n(c2=O)CCCC3)c(C#N)c1. The van der Waals surface area contributed by atoms with Crippen molar-refractivity contribution in [1.82, 2.24) is 9.36 Å². The predicted molar refractivity (Wildman–Crippen MR) is 74.5 cm³/mol. The van der Waals surface area contributed by atoms with Crippen LogP contribution in [0.15, 0.2) is 23.0 Å². The quantitative estimate of drug-likeness (QED) is 0.857. The summed E-state index contributed by atoms with van der Waals surface area (Å²) in [7, 11) is 0. The first-order valence-corrected chi connectivity index (χ1v) is 6.64. The van der Waals surface area contributed by atoms with Crippen LogP contribution >= 0.6 is 0 Å². The molecule has 0 unspecified atom stereocenters. The first-order valence-electron chi connectivity index (χ1n) is 6.64. The Bertz CT molecular complexity index is 862. The van der Waals surface area contributed by atoms with Gasteiger partial charge in [-0.1, -0.05) is 6.07 Å². The molecule has 0 radical (unpaired) electrons. The Kier molecular flexibility index (Phi) is 3.00. The van der Waals surface area contributed by atoms with Crippen molar-refractivity contribution < 1.29 is 5.11 Å². The van der Waals surface area contributed by atoms with E-state index in [-0.39, 0.29) is 22.6 Å². The second-order valence-corrected chi connectivity index (χ2v) is 4.94. The summed E-state index contributed by atoms with van der Waals surface area (Å²) in [5.41, 5.74) is 0.767. The van der Waals surface area contributed by atoms with Crippen LogP contribution in [-0.4, -0.2) is 14.5 Å². The van der Waals surface area contributed by atoms with Crippen molar-refractivity contribution in [2.45, 2.75) is 25.9 Å². The summed E-state index contributed by atoms with van der Waals surface area (Å²) in [5.74, 6) is -0.110. The molecule has 0 bridgehead atoms. The highest BCUT2D eigenvalue weighted by Crippen LogP contribution is 2.31. The minimum atomic E-state index is -0.298. The molecule has 21 heavy (non-hydrogen) atoms. The zero-order valence-corrected chi connectivity index (χ0v) is 11.2. The number of benzene rings is 1. The van der Waals surface area contributed by atoms with E-state index in [0.717, 1.165) is 12.8 Å². The number of hydrogen-bond acceptors (Lipinski definition) is 4. The van der Waals surface area contributed by atoms with Gasteiger partial charge < -0.3 is 5.11 Å². The minimum absolute atomic E-state index is 0.110. The molecule has 1 aromatic heterocycles. The lowest BCUT2D eigenvalue weighted by Gasteiger charge is -2.16. The molecule has 0 aliphatic carbocycles. The molecule has 0 atom stereocenters. The predicted octanol–water partition coefficient (Wildman–Crippen LogP) is 1.56. The van der Waals surface area contributed by atoms with Gasteiger partial charge in [-0.15, -0.1) is 0 Å². The Morgan fingerprint density at radius 1 is 1.10 bits per heavy atom. The maximum atomic E-state index is 12.5. The number of nitriles is 2. The summed E-state index contributed by atoms with van der Waals surface area (Å²) >= 11 is 0. The average molecular weight is 280 g/mol. The average Bonchev–Trinajstić information content (AvgIpc) is 2.79. The Balaban J connectivity index is 2.28. The maximum Gasteiger partial charge on any atom is 0.278 e. The van der Waals surface area contributed by atoms with Gasteiger partial charge in [-0.2, -0.15) is 10.5 Å². The van der Waals surface area contributed by atoms with E-state index in [0.29, 0.717) is 24.2 Å². The smallest absolute Gasteiger partial charge is 0.278 e. The Hall–Kier alpha value is -2.99. The standard InChI is InChI=1S/C15H12N4O2/c16-8-10-3-4-12(11(7-10)9-17)13-14(20)18-5-1-2-6-19(18)15(13)21/h3-4,7,20H,1-2,5-6H2. The molecule has 3 rings (SSSR count). The van der Waals surface area contributed by atoms with Gasteiger partial charge in [-0.05, 0) is 25.0 Å².